The normalized spacial score (nSPS) is 11.4. The Morgan fingerprint density at radius 3 is 1.94 bits per heavy atom. The molecular weight excluding hydrogens is 390 g/mol. The quantitative estimate of drug-likeness (QED) is 0.342. The SMILES string of the molecule is CCOCC.Cc1cc(O)ccc1CC(C)c1ccc(-c2ccc([N+](=O)[O-])cc2)cc1. The van der Waals surface area contributed by atoms with Gasteiger partial charge in [0.1, 0.15) is 5.75 Å². The van der Waals surface area contributed by atoms with Crippen molar-refractivity contribution < 1.29 is 14.8 Å². The van der Waals surface area contributed by atoms with Crippen molar-refractivity contribution in [2.24, 2.45) is 0 Å². The van der Waals surface area contributed by atoms with Crippen LogP contribution < -0.4 is 0 Å². The second kappa shape index (κ2) is 11.9. The molecule has 0 saturated heterocycles. The number of phenols is 1. The molecule has 0 heterocycles. The fraction of sp³-hybridized carbons (Fsp3) is 0.308. The number of benzene rings is 3. The van der Waals surface area contributed by atoms with E-state index in [1.807, 2.05) is 26.8 Å². The summed E-state index contributed by atoms with van der Waals surface area (Å²) in [5.74, 6) is 0.649. The lowest BCUT2D eigenvalue weighted by Gasteiger charge is -2.15. The van der Waals surface area contributed by atoms with E-state index >= 15 is 0 Å². The van der Waals surface area contributed by atoms with Crippen LogP contribution in [0.25, 0.3) is 11.1 Å². The van der Waals surface area contributed by atoms with E-state index in [2.05, 4.69) is 31.2 Å². The smallest absolute Gasteiger partial charge is 0.269 e. The van der Waals surface area contributed by atoms with E-state index in [4.69, 9.17) is 4.74 Å². The van der Waals surface area contributed by atoms with Crippen LogP contribution in [0.2, 0.25) is 0 Å². The van der Waals surface area contributed by atoms with E-state index < -0.39 is 0 Å². The van der Waals surface area contributed by atoms with Crippen LogP contribution in [0, 0.1) is 17.0 Å². The van der Waals surface area contributed by atoms with Crippen LogP contribution in [-0.2, 0) is 11.2 Å². The summed E-state index contributed by atoms with van der Waals surface area (Å²) < 4.78 is 4.83. The molecule has 0 bridgehead atoms. The zero-order valence-corrected chi connectivity index (χ0v) is 18.7. The van der Waals surface area contributed by atoms with Gasteiger partial charge in [-0.15, -0.1) is 0 Å². The number of hydrogen-bond acceptors (Lipinski definition) is 4. The third-order valence-electron chi connectivity index (χ3n) is 5.15. The van der Waals surface area contributed by atoms with Gasteiger partial charge in [0.25, 0.3) is 5.69 Å². The number of hydrogen-bond donors (Lipinski definition) is 1. The largest absolute Gasteiger partial charge is 0.508 e. The van der Waals surface area contributed by atoms with E-state index in [1.165, 1.54) is 23.3 Å². The van der Waals surface area contributed by atoms with Gasteiger partial charge in [0.15, 0.2) is 0 Å². The molecule has 164 valence electrons. The standard InChI is InChI=1S/C22H21NO3.C4H10O/c1-15(13-20-9-12-22(24)14-16(20)2)17-3-5-18(6-4-17)19-7-10-21(11-8-19)23(25)26;1-3-5-4-2/h3-12,14-15,24H,13H2,1-2H3;3-4H2,1-2H3. The lowest BCUT2D eigenvalue weighted by atomic mass is 9.90. The Morgan fingerprint density at radius 1 is 0.935 bits per heavy atom. The summed E-state index contributed by atoms with van der Waals surface area (Å²) in [6, 6.07) is 20.4. The second-order valence-corrected chi connectivity index (χ2v) is 7.42. The Kier molecular flexibility index (Phi) is 9.22. The topological polar surface area (TPSA) is 72.6 Å². The molecule has 0 radical (unpaired) electrons. The summed E-state index contributed by atoms with van der Waals surface area (Å²) in [7, 11) is 0. The Bertz CT molecular complexity index is 964. The molecule has 1 N–H and O–H groups in total. The van der Waals surface area contributed by atoms with Crippen molar-refractivity contribution in [3.8, 4) is 16.9 Å². The van der Waals surface area contributed by atoms with Gasteiger partial charge < -0.3 is 9.84 Å². The van der Waals surface area contributed by atoms with Crippen molar-refractivity contribution in [3.63, 3.8) is 0 Å². The minimum atomic E-state index is -0.389. The minimum absolute atomic E-state index is 0.100. The van der Waals surface area contributed by atoms with Crippen LogP contribution in [0.15, 0.2) is 66.7 Å². The van der Waals surface area contributed by atoms with Gasteiger partial charge in [0.2, 0.25) is 0 Å². The first-order valence-electron chi connectivity index (χ1n) is 10.6. The molecule has 0 aliphatic rings. The summed E-state index contributed by atoms with van der Waals surface area (Å²) >= 11 is 0. The minimum Gasteiger partial charge on any atom is -0.508 e. The molecule has 0 fully saturated rings. The monoisotopic (exact) mass is 421 g/mol. The zero-order chi connectivity index (χ0) is 22.8. The van der Waals surface area contributed by atoms with Crippen LogP contribution in [-0.4, -0.2) is 23.2 Å². The Morgan fingerprint density at radius 2 is 1.48 bits per heavy atom. The highest BCUT2D eigenvalue weighted by atomic mass is 16.6. The number of nitro groups is 1. The summed E-state index contributed by atoms with van der Waals surface area (Å²) in [5, 5.41) is 20.3. The van der Waals surface area contributed by atoms with Crippen molar-refractivity contribution in [2.45, 2.75) is 40.0 Å². The van der Waals surface area contributed by atoms with Crippen LogP contribution in [0.4, 0.5) is 5.69 Å². The number of non-ortho nitro benzene ring substituents is 1. The number of aromatic hydroxyl groups is 1. The summed E-state index contributed by atoms with van der Waals surface area (Å²) in [4.78, 5) is 10.4. The predicted octanol–water partition coefficient (Wildman–Crippen LogP) is 6.66. The van der Waals surface area contributed by atoms with Crippen LogP contribution in [0.5, 0.6) is 5.75 Å². The molecule has 5 heteroatoms. The van der Waals surface area contributed by atoms with E-state index in [0.29, 0.717) is 11.7 Å². The average Bonchev–Trinajstić information content (AvgIpc) is 2.77. The van der Waals surface area contributed by atoms with Gasteiger partial charge in [0.05, 0.1) is 4.92 Å². The summed E-state index contributed by atoms with van der Waals surface area (Å²) in [6.45, 7) is 9.87. The number of rotatable bonds is 7. The predicted molar refractivity (Wildman–Crippen MR) is 126 cm³/mol. The van der Waals surface area contributed by atoms with Crippen molar-refractivity contribution in [2.75, 3.05) is 13.2 Å². The first-order chi connectivity index (χ1) is 14.8. The van der Waals surface area contributed by atoms with Gasteiger partial charge in [-0.2, -0.15) is 0 Å². The lowest BCUT2D eigenvalue weighted by Crippen LogP contribution is -2.00. The Hall–Kier alpha value is -3.18. The third kappa shape index (κ3) is 7.23. The van der Waals surface area contributed by atoms with Gasteiger partial charge in [-0.25, -0.2) is 0 Å². The maximum absolute atomic E-state index is 10.8. The maximum Gasteiger partial charge on any atom is 0.269 e. The number of aryl methyl sites for hydroxylation is 1. The molecule has 3 rings (SSSR count). The van der Waals surface area contributed by atoms with E-state index in [9.17, 15) is 15.2 Å². The highest BCUT2D eigenvalue weighted by molar-refractivity contribution is 5.65. The molecule has 1 unspecified atom stereocenters. The molecule has 31 heavy (non-hydrogen) atoms. The van der Waals surface area contributed by atoms with Crippen LogP contribution in [0.3, 0.4) is 0 Å². The molecule has 3 aromatic carbocycles. The van der Waals surface area contributed by atoms with Crippen LogP contribution in [0.1, 0.15) is 43.4 Å². The van der Waals surface area contributed by atoms with E-state index in [-0.39, 0.29) is 10.6 Å². The van der Waals surface area contributed by atoms with Gasteiger partial charge >= 0.3 is 0 Å². The molecule has 3 aromatic rings. The molecule has 0 amide bonds. The van der Waals surface area contributed by atoms with Crippen molar-refractivity contribution >= 4 is 5.69 Å². The molecule has 0 aliphatic carbocycles. The fourth-order valence-corrected chi connectivity index (χ4v) is 3.34. The lowest BCUT2D eigenvalue weighted by molar-refractivity contribution is -0.384. The highest BCUT2D eigenvalue weighted by Gasteiger charge is 2.10. The number of nitro benzene ring substituents is 1. The van der Waals surface area contributed by atoms with Crippen LogP contribution >= 0.6 is 0 Å². The first-order valence-corrected chi connectivity index (χ1v) is 10.6. The summed E-state index contributed by atoms with van der Waals surface area (Å²) in [5.41, 5.74) is 5.67. The highest BCUT2D eigenvalue weighted by Crippen LogP contribution is 2.27. The Balaban J connectivity index is 0.000000614. The molecule has 5 nitrogen and oxygen atoms in total. The van der Waals surface area contributed by atoms with Gasteiger partial charge in [0, 0.05) is 25.3 Å². The maximum atomic E-state index is 10.8. The molecular formula is C26H31NO4. The third-order valence-corrected chi connectivity index (χ3v) is 5.15. The molecule has 0 aliphatic heterocycles. The van der Waals surface area contributed by atoms with E-state index in [0.717, 1.165) is 36.3 Å². The summed E-state index contributed by atoms with van der Waals surface area (Å²) in [6.07, 6.45) is 0.906. The zero-order valence-electron chi connectivity index (χ0n) is 18.7. The van der Waals surface area contributed by atoms with Gasteiger partial charge in [-0.1, -0.05) is 37.3 Å². The average molecular weight is 422 g/mol. The second-order valence-electron chi connectivity index (χ2n) is 7.42. The van der Waals surface area contributed by atoms with Crippen molar-refractivity contribution in [1.82, 2.24) is 0 Å². The number of phenolic OH excluding ortho intramolecular Hbond substituents is 1. The van der Waals surface area contributed by atoms with Crippen molar-refractivity contribution in [3.05, 3.63) is 93.5 Å². The fourth-order valence-electron chi connectivity index (χ4n) is 3.34. The van der Waals surface area contributed by atoms with Crippen molar-refractivity contribution in [1.29, 1.82) is 0 Å². The number of nitrogens with zero attached hydrogens (tertiary/aromatic N) is 1. The molecule has 0 spiro atoms. The molecule has 0 saturated carbocycles. The first kappa shape index (κ1) is 24.1. The molecule has 1 atom stereocenters. The van der Waals surface area contributed by atoms with Gasteiger partial charge in [-0.3, -0.25) is 10.1 Å². The number of ether oxygens (including phenoxy) is 1. The van der Waals surface area contributed by atoms with E-state index in [1.54, 1.807) is 24.3 Å². The molecule has 0 aromatic heterocycles. The Labute approximate surface area is 184 Å². The van der Waals surface area contributed by atoms with Gasteiger partial charge in [-0.05, 0) is 85.2 Å².